The average Bonchev–Trinajstić information content (AvgIpc) is 3.19. The zero-order valence-corrected chi connectivity index (χ0v) is 16.4. The summed E-state index contributed by atoms with van der Waals surface area (Å²) in [7, 11) is 0. The minimum Gasteiger partial charge on any atom is -0.347 e. The maximum atomic E-state index is 13.0. The van der Waals surface area contributed by atoms with Gasteiger partial charge in [0.1, 0.15) is 5.69 Å². The van der Waals surface area contributed by atoms with Gasteiger partial charge in [0, 0.05) is 29.7 Å². The summed E-state index contributed by atoms with van der Waals surface area (Å²) in [5, 5.41) is 1.03. The van der Waals surface area contributed by atoms with Crippen LogP contribution in [-0.2, 0) is 13.0 Å². The molecule has 1 aliphatic rings. The number of hydrogen-bond acceptors (Lipinski definition) is 4. The van der Waals surface area contributed by atoms with Gasteiger partial charge >= 0.3 is 0 Å². The van der Waals surface area contributed by atoms with E-state index in [4.69, 9.17) is 4.98 Å². The van der Waals surface area contributed by atoms with Crippen LogP contribution < -0.4 is 0 Å². The molecular weight excluding hydrogens is 362 g/mol. The highest BCUT2D eigenvalue weighted by Gasteiger charge is 2.24. The number of aryl methyl sites for hydroxylation is 2. The number of nitrogens with one attached hydrogen (secondary N) is 1. The third-order valence-corrected chi connectivity index (χ3v) is 5.41. The van der Waals surface area contributed by atoms with Crippen LogP contribution in [-0.4, -0.2) is 37.3 Å². The Morgan fingerprint density at radius 3 is 2.72 bits per heavy atom. The lowest BCUT2D eigenvalue weighted by Crippen LogP contribution is -2.36. The third-order valence-electron chi connectivity index (χ3n) is 5.41. The van der Waals surface area contributed by atoms with E-state index in [-0.39, 0.29) is 5.91 Å². The number of amides is 1. The molecule has 0 fully saturated rings. The molecule has 6 nitrogen and oxygen atoms in total. The van der Waals surface area contributed by atoms with Gasteiger partial charge in [-0.05, 0) is 55.3 Å². The molecule has 0 spiro atoms. The number of carbonyl (C=O) groups excluding carboxylic acids is 1. The first-order valence-electron chi connectivity index (χ1n) is 9.74. The number of benzene rings is 1. The van der Waals surface area contributed by atoms with E-state index in [1.807, 2.05) is 43.0 Å². The molecule has 0 atom stereocenters. The van der Waals surface area contributed by atoms with Gasteiger partial charge in [-0.25, -0.2) is 9.97 Å². The van der Waals surface area contributed by atoms with Gasteiger partial charge in [-0.3, -0.25) is 9.78 Å². The second kappa shape index (κ2) is 6.81. The van der Waals surface area contributed by atoms with E-state index in [1.165, 1.54) is 0 Å². The molecule has 4 heterocycles. The largest absolute Gasteiger partial charge is 0.347 e. The minimum absolute atomic E-state index is 0.0480. The maximum absolute atomic E-state index is 13.0. The first-order chi connectivity index (χ1) is 14.1. The normalized spacial score (nSPS) is 13.5. The Kier molecular flexibility index (Phi) is 4.12. The molecule has 0 radical (unpaired) electrons. The molecule has 0 saturated heterocycles. The van der Waals surface area contributed by atoms with E-state index in [0.717, 1.165) is 51.2 Å². The first-order valence-corrected chi connectivity index (χ1v) is 9.74. The van der Waals surface area contributed by atoms with Crippen LogP contribution in [0, 0.1) is 13.8 Å². The highest BCUT2D eigenvalue weighted by atomic mass is 16.2. The summed E-state index contributed by atoms with van der Waals surface area (Å²) in [4.78, 5) is 31.5. The van der Waals surface area contributed by atoms with Gasteiger partial charge in [0.25, 0.3) is 5.91 Å². The summed E-state index contributed by atoms with van der Waals surface area (Å²) in [5.41, 5.74) is 7.54. The second-order valence-electron chi connectivity index (χ2n) is 7.51. The number of pyridine rings is 2. The molecule has 0 unspecified atom stereocenters. The molecule has 1 amide bonds. The van der Waals surface area contributed by atoms with E-state index in [2.05, 4.69) is 33.2 Å². The van der Waals surface area contributed by atoms with Gasteiger partial charge in [0.05, 0.1) is 29.8 Å². The van der Waals surface area contributed by atoms with Crippen LogP contribution in [0.15, 0.2) is 48.8 Å². The number of imidazole rings is 1. The lowest BCUT2D eigenvalue weighted by Gasteiger charge is -2.26. The van der Waals surface area contributed by atoms with Gasteiger partial charge in [0.2, 0.25) is 0 Å². The van der Waals surface area contributed by atoms with Crippen LogP contribution in [0.2, 0.25) is 0 Å². The predicted octanol–water partition coefficient (Wildman–Crippen LogP) is 3.84. The van der Waals surface area contributed by atoms with Crippen molar-refractivity contribution in [3.63, 3.8) is 0 Å². The van der Waals surface area contributed by atoms with Crippen molar-refractivity contribution in [3.05, 3.63) is 77.3 Å². The molecule has 4 aromatic rings. The summed E-state index contributed by atoms with van der Waals surface area (Å²) >= 11 is 0. The molecule has 144 valence electrons. The highest BCUT2D eigenvalue weighted by Crippen LogP contribution is 2.29. The summed E-state index contributed by atoms with van der Waals surface area (Å²) < 4.78 is 0. The Bertz CT molecular complexity index is 1220. The van der Waals surface area contributed by atoms with Crippen LogP contribution in [0.3, 0.4) is 0 Å². The number of fused-ring (bicyclic) bond motifs is 2. The number of aromatic amines is 1. The second-order valence-corrected chi connectivity index (χ2v) is 7.51. The van der Waals surface area contributed by atoms with Crippen molar-refractivity contribution in [3.8, 4) is 11.1 Å². The van der Waals surface area contributed by atoms with Gasteiger partial charge in [-0.1, -0.05) is 12.1 Å². The van der Waals surface area contributed by atoms with Crippen LogP contribution in [0.1, 0.15) is 33.3 Å². The zero-order valence-electron chi connectivity index (χ0n) is 16.4. The van der Waals surface area contributed by atoms with Gasteiger partial charge in [0.15, 0.2) is 0 Å². The fourth-order valence-corrected chi connectivity index (χ4v) is 4.06. The lowest BCUT2D eigenvalue weighted by atomic mass is 9.99. The number of hydrogen-bond donors (Lipinski definition) is 1. The molecule has 0 aliphatic carbocycles. The summed E-state index contributed by atoms with van der Waals surface area (Å²) in [5.74, 6) is -0.0480. The number of H-pyrrole nitrogens is 1. The molecule has 1 aromatic carbocycles. The van der Waals surface area contributed by atoms with E-state index in [9.17, 15) is 4.79 Å². The molecule has 29 heavy (non-hydrogen) atoms. The monoisotopic (exact) mass is 383 g/mol. The van der Waals surface area contributed by atoms with Crippen molar-refractivity contribution in [2.24, 2.45) is 0 Å². The van der Waals surface area contributed by atoms with E-state index >= 15 is 0 Å². The standard InChI is InChI=1S/C23H21N5O/c1-14-10-16(11-15(2)26-14)17-4-3-5-19-18(17)6-7-21(27-19)23(29)28-9-8-20-22(12-28)25-13-24-20/h3-7,10-11,13H,8-9,12H2,1-2H3,(H,24,25). The Labute approximate surface area is 168 Å². The molecule has 0 bridgehead atoms. The van der Waals surface area contributed by atoms with Crippen molar-refractivity contribution >= 4 is 16.8 Å². The Morgan fingerprint density at radius 1 is 1.07 bits per heavy atom. The third kappa shape index (κ3) is 3.16. The summed E-state index contributed by atoms with van der Waals surface area (Å²) in [6.45, 7) is 5.20. The maximum Gasteiger partial charge on any atom is 0.272 e. The molecule has 3 aromatic heterocycles. The van der Waals surface area contributed by atoms with Crippen molar-refractivity contribution in [1.82, 2.24) is 24.8 Å². The topological polar surface area (TPSA) is 74.8 Å². The Hall–Kier alpha value is -3.54. The van der Waals surface area contributed by atoms with Crippen LogP contribution in [0.25, 0.3) is 22.0 Å². The quantitative estimate of drug-likeness (QED) is 0.571. The molecule has 0 saturated carbocycles. The number of carbonyl (C=O) groups is 1. The van der Waals surface area contributed by atoms with Gasteiger partial charge < -0.3 is 9.88 Å². The van der Waals surface area contributed by atoms with Crippen molar-refractivity contribution in [2.45, 2.75) is 26.8 Å². The van der Waals surface area contributed by atoms with Crippen LogP contribution in [0.4, 0.5) is 0 Å². The van der Waals surface area contributed by atoms with Gasteiger partial charge in [-0.2, -0.15) is 0 Å². The van der Waals surface area contributed by atoms with E-state index < -0.39 is 0 Å². The molecule has 6 heteroatoms. The predicted molar refractivity (Wildman–Crippen MR) is 111 cm³/mol. The van der Waals surface area contributed by atoms with Crippen molar-refractivity contribution < 1.29 is 4.79 Å². The first kappa shape index (κ1) is 17.6. The van der Waals surface area contributed by atoms with E-state index in [1.54, 1.807) is 6.33 Å². The fourth-order valence-electron chi connectivity index (χ4n) is 4.06. The van der Waals surface area contributed by atoms with E-state index in [0.29, 0.717) is 18.8 Å². The lowest BCUT2D eigenvalue weighted by molar-refractivity contribution is 0.0726. The average molecular weight is 383 g/mol. The van der Waals surface area contributed by atoms with Crippen LogP contribution >= 0.6 is 0 Å². The highest BCUT2D eigenvalue weighted by molar-refractivity contribution is 5.99. The minimum atomic E-state index is -0.0480. The van der Waals surface area contributed by atoms with Crippen molar-refractivity contribution in [1.29, 1.82) is 0 Å². The number of aromatic nitrogens is 4. The van der Waals surface area contributed by atoms with Crippen molar-refractivity contribution in [2.75, 3.05) is 6.54 Å². The number of rotatable bonds is 2. The molecule has 1 N–H and O–H groups in total. The molecular formula is C23H21N5O. The Balaban J connectivity index is 1.51. The van der Waals surface area contributed by atoms with Gasteiger partial charge in [-0.15, -0.1) is 0 Å². The Morgan fingerprint density at radius 2 is 1.90 bits per heavy atom. The fraction of sp³-hybridized carbons (Fsp3) is 0.217. The molecule has 5 rings (SSSR count). The zero-order chi connectivity index (χ0) is 20.0. The SMILES string of the molecule is Cc1cc(-c2cccc3nc(C(=O)N4CCc5nc[nH]c5C4)ccc23)cc(C)n1. The summed E-state index contributed by atoms with van der Waals surface area (Å²) in [6, 6.07) is 14.0. The molecule has 1 aliphatic heterocycles. The number of nitrogens with zero attached hydrogens (tertiary/aromatic N) is 4. The smallest absolute Gasteiger partial charge is 0.272 e. The summed E-state index contributed by atoms with van der Waals surface area (Å²) in [6.07, 6.45) is 2.46. The van der Waals surface area contributed by atoms with Crippen LogP contribution in [0.5, 0.6) is 0 Å².